The number of aryl methyl sites for hydroxylation is 2. The Labute approximate surface area is 137 Å². The molecule has 0 spiro atoms. The minimum Gasteiger partial charge on any atom is -0.349 e. The minimum atomic E-state index is -0.0253. The highest BCUT2D eigenvalue weighted by molar-refractivity contribution is 5.94. The first-order valence-corrected chi connectivity index (χ1v) is 8.23. The fourth-order valence-electron chi connectivity index (χ4n) is 2.95. The molecule has 1 aromatic carbocycles. The lowest BCUT2D eigenvalue weighted by Crippen LogP contribution is -2.32. The number of nitrogens with one attached hydrogen (secondary N) is 2. The fraction of sp³-hybridized carbons (Fsp3) is 0.368. The highest BCUT2D eigenvalue weighted by Gasteiger charge is 2.18. The molecule has 2 N–H and O–H groups in total. The first-order chi connectivity index (χ1) is 11.1. The number of pyridine rings is 1. The van der Waals surface area contributed by atoms with Gasteiger partial charge in [-0.15, -0.1) is 0 Å². The molecule has 3 rings (SSSR count). The second-order valence-corrected chi connectivity index (χ2v) is 6.33. The summed E-state index contributed by atoms with van der Waals surface area (Å²) in [6, 6.07) is 10.3. The van der Waals surface area contributed by atoms with Crippen molar-refractivity contribution in [3.05, 3.63) is 53.2 Å². The molecule has 1 heterocycles. The number of benzene rings is 1. The molecular weight excluding hydrogens is 286 g/mol. The molecule has 1 fully saturated rings. The summed E-state index contributed by atoms with van der Waals surface area (Å²) in [4.78, 5) is 16.6. The van der Waals surface area contributed by atoms with Gasteiger partial charge < -0.3 is 10.6 Å². The molecule has 120 valence electrons. The van der Waals surface area contributed by atoms with Crippen molar-refractivity contribution in [1.29, 1.82) is 0 Å². The molecule has 2 aromatic rings. The van der Waals surface area contributed by atoms with Crippen LogP contribution in [0.3, 0.4) is 0 Å². The van der Waals surface area contributed by atoms with Crippen LogP contribution in [-0.4, -0.2) is 16.9 Å². The molecule has 0 bridgehead atoms. The van der Waals surface area contributed by atoms with E-state index in [1.54, 1.807) is 6.20 Å². The average molecular weight is 309 g/mol. The van der Waals surface area contributed by atoms with Gasteiger partial charge in [-0.2, -0.15) is 0 Å². The Morgan fingerprint density at radius 3 is 2.61 bits per heavy atom. The van der Waals surface area contributed by atoms with Crippen LogP contribution in [0.2, 0.25) is 0 Å². The van der Waals surface area contributed by atoms with Gasteiger partial charge in [-0.25, -0.2) is 4.98 Å². The van der Waals surface area contributed by atoms with Crippen molar-refractivity contribution in [2.24, 2.45) is 0 Å². The van der Waals surface area contributed by atoms with E-state index < -0.39 is 0 Å². The standard InChI is InChI=1S/C19H23N3O/c1-13-7-8-14(2)17(11-13)22-18-10-9-15(12-20-18)19(23)21-16-5-3-4-6-16/h7-12,16H,3-6H2,1-2H3,(H,20,22)(H,21,23). The van der Waals surface area contributed by atoms with Crippen LogP contribution >= 0.6 is 0 Å². The molecule has 1 amide bonds. The molecule has 23 heavy (non-hydrogen) atoms. The number of hydrogen-bond acceptors (Lipinski definition) is 3. The van der Waals surface area contributed by atoms with Crippen LogP contribution in [0.25, 0.3) is 0 Å². The first kappa shape index (κ1) is 15.5. The van der Waals surface area contributed by atoms with Crippen LogP contribution in [0, 0.1) is 13.8 Å². The monoisotopic (exact) mass is 309 g/mol. The van der Waals surface area contributed by atoms with Gasteiger partial charge in [0.2, 0.25) is 0 Å². The lowest BCUT2D eigenvalue weighted by Gasteiger charge is -2.12. The van der Waals surface area contributed by atoms with E-state index in [4.69, 9.17) is 0 Å². The Morgan fingerprint density at radius 1 is 1.13 bits per heavy atom. The highest BCUT2D eigenvalue weighted by atomic mass is 16.1. The summed E-state index contributed by atoms with van der Waals surface area (Å²) in [5.41, 5.74) is 4.02. The van der Waals surface area contributed by atoms with Gasteiger partial charge in [-0.1, -0.05) is 25.0 Å². The quantitative estimate of drug-likeness (QED) is 0.893. The van der Waals surface area contributed by atoms with Gasteiger partial charge in [0.05, 0.1) is 5.56 Å². The molecule has 0 radical (unpaired) electrons. The summed E-state index contributed by atoms with van der Waals surface area (Å²) in [6.07, 6.45) is 6.23. The summed E-state index contributed by atoms with van der Waals surface area (Å²) >= 11 is 0. The van der Waals surface area contributed by atoms with E-state index in [-0.39, 0.29) is 5.91 Å². The molecule has 4 nitrogen and oxygen atoms in total. The normalized spacial score (nSPS) is 14.7. The zero-order chi connectivity index (χ0) is 16.2. The van der Waals surface area contributed by atoms with Crippen molar-refractivity contribution in [2.45, 2.75) is 45.6 Å². The molecule has 0 saturated heterocycles. The highest BCUT2D eigenvalue weighted by Crippen LogP contribution is 2.21. The summed E-state index contributed by atoms with van der Waals surface area (Å²) in [5, 5.41) is 6.39. The number of aromatic nitrogens is 1. The lowest BCUT2D eigenvalue weighted by molar-refractivity contribution is 0.0937. The molecule has 1 aliphatic rings. The Balaban J connectivity index is 1.66. The zero-order valence-electron chi connectivity index (χ0n) is 13.7. The molecule has 1 saturated carbocycles. The third-order valence-corrected chi connectivity index (χ3v) is 4.37. The number of rotatable bonds is 4. The predicted octanol–water partition coefficient (Wildman–Crippen LogP) is 4.11. The van der Waals surface area contributed by atoms with Crippen molar-refractivity contribution >= 4 is 17.4 Å². The lowest BCUT2D eigenvalue weighted by atomic mass is 10.1. The maximum absolute atomic E-state index is 12.2. The second-order valence-electron chi connectivity index (χ2n) is 6.33. The van der Waals surface area contributed by atoms with Crippen molar-refractivity contribution in [1.82, 2.24) is 10.3 Å². The molecule has 1 aromatic heterocycles. The van der Waals surface area contributed by atoms with Crippen molar-refractivity contribution in [3.8, 4) is 0 Å². The van der Waals surface area contributed by atoms with E-state index in [1.807, 2.05) is 12.1 Å². The number of amides is 1. The Hall–Kier alpha value is -2.36. The molecule has 0 atom stereocenters. The molecule has 0 aliphatic heterocycles. The Morgan fingerprint density at radius 2 is 1.91 bits per heavy atom. The van der Waals surface area contributed by atoms with E-state index >= 15 is 0 Å². The maximum atomic E-state index is 12.2. The Bertz CT molecular complexity index is 688. The first-order valence-electron chi connectivity index (χ1n) is 8.23. The largest absolute Gasteiger partial charge is 0.349 e. The van der Waals surface area contributed by atoms with Crippen LogP contribution < -0.4 is 10.6 Å². The van der Waals surface area contributed by atoms with Gasteiger partial charge in [0.1, 0.15) is 5.82 Å². The van der Waals surface area contributed by atoms with Crippen LogP contribution in [0.5, 0.6) is 0 Å². The van der Waals surface area contributed by atoms with Gasteiger partial charge in [0, 0.05) is 17.9 Å². The third kappa shape index (κ3) is 3.89. The summed E-state index contributed by atoms with van der Waals surface area (Å²) in [7, 11) is 0. The third-order valence-electron chi connectivity index (χ3n) is 4.37. The summed E-state index contributed by atoms with van der Waals surface area (Å²) < 4.78 is 0. The van der Waals surface area contributed by atoms with Gasteiger partial charge in [-0.3, -0.25) is 4.79 Å². The van der Waals surface area contributed by atoms with Gasteiger partial charge >= 0.3 is 0 Å². The van der Waals surface area contributed by atoms with Crippen molar-refractivity contribution in [3.63, 3.8) is 0 Å². The second kappa shape index (κ2) is 6.82. The molecule has 1 aliphatic carbocycles. The van der Waals surface area contributed by atoms with Crippen LogP contribution in [0.4, 0.5) is 11.5 Å². The number of carbonyl (C=O) groups is 1. The van der Waals surface area contributed by atoms with E-state index in [0.717, 1.165) is 24.3 Å². The van der Waals surface area contributed by atoms with Crippen LogP contribution in [0.15, 0.2) is 36.5 Å². The minimum absolute atomic E-state index is 0.0253. The van der Waals surface area contributed by atoms with E-state index in [1.165, 1.54) is 24.0 Å². The number of anilines is 2. The number of hydrogen-bond donors (Lipinski definition) is 2. The molecule has 0 unspecified atom stereocenters. The van der Waals surface area contributed by atoms with E-state index in [0.29, 0.717) is 11.6 Å². The van der Waals surface area contributed by atoms with Crippen molar-refractivity contribution in [2.75, 3.05) is 5.32 Å². The SMILES string of the molecule is Cc1ccc(C)c(Nc2ccc(C(=O)NC3CCCC3)cn2)c1. The molecular formula is C19H23N3O. The zero-order valence-corrected chi connectivity index (χ0v) is 13.7. The van der Waals surface area contributed by atoms with E-state index in [9.17, 15) is 4.79 Å². The Kier molecular flexibility index (Phi) is 4.60. The van der Waals surface area contributed by atoms with Gasteiger partial charge in [0.15, 0.2) is 0 Å². The van der Waals surface area contributed by atoms with Gasteiger partial charge in [-0.05, 0) is 56.0 Å². The topological polar surface area (TPSA) is 54.0 Å². The number of carbonyl (C=O) groups excluding carboxylic acids is 1. The summed E-state index contributed by atoms with van der Waals surface area (Å²) in [6.45, 7) is 4.12. The predicted molar refractivity (Wildman–Crippen MR) is 93.2 cm³/mol. The maximum Gasteiger partial charge on any atom is 0.253 e. The average Bonchev–Trinajstić information content (AvgIpc) is 3.04. The van der Waals surface area contributed by atoms with Crippen LogP contribution in [-0.2, 0) is 0 Å². The summed E-state index contributed by atoms with van der Waals surface area (Å²) in [5.74, 6) is 0.721. The van der Waals surface area contributed by atoms with Crippen molar-refractivity contribution < 1.29 is 4.79 Å². The fourth-order valence-corrected chi connectivity index (χ4v) is 2.95. The number of nitrogens with zero attached hydrogens (tertiary/aromatic N) is 1. The van der Waals surface area contributed by atoms with E-state index in [2.05, 4.69) is 47.7 Å². The molecule has 4 heteroatoms. The smallest absolute Gasteiger partial charge is 0.253 e. The van der Waals surface area contributed by atoms with Gasteiger partial charge in [0.25, 0.3) is 5.91 Å². The van der Waals surface area contributed by atoms with Crippen LogP contribution in [0.1, 0.15) is 47.2 Å².